The van der Waals surface area contributed by atoms with E-state index in [1.165, 1.54) is 5.69 Å². The van der Waals surface area contributed by atoms with Crippen molar-refractivity contribution in [1.29, 1.82) is 0 Å². The van der Waals surface area contributed by atoms with Crippen molar-refractivity contribution in [2.75, 3.05) is 0 Å². The molecule has 18 heavy (non-hydrogen) atoms. The van der Waals surface area contributed by atoms with Crippen molar-refractivity contribution < 1.29 is 0 Å². The summed E-state index contributed by atoms with van der Waals surface area (Å²) in [7, 11) is 0. The zero-order valence-electron chi connectivity index (χ0n) is 11.0. The maximum absolute atomic E-state index is 4.54. The molecule has 0 N–H and O–H groups in total. The van der Waals surface area contributed by atoms with E-state index in [0.717, 1.165) is 24.1 Å². The van der Waals surface area contributed by atoms with Crippen LogP contribution in [0.1, 0.15) is 30.8 Å². The van der Waals surface area contributed by atoms with Crippen molar-refractivity contribution in [1.82, 2.24) is 9.78 Å². The van der Waals surface area contributed by atoms with Gasteiger partial charge in [0.15, 0.2) is 0 Å². The predicted molar refractivity (Wildman–Crippen MR) is 74.3 cm³/mol. The van der Waals surface area contributed by atoms with E-state index in [-0.39, 0.29) is 0 Å². The molecular weight excluding hydrogens is 220 g/mol. The lowest BCUT2D eigenvalue weighted by molar-refractivity contribution is 0.663. The topological polar surface area (TPSA) is 17.8 Å². The van der Waals surface area contributed by atoms with Gasteiger partial charge in [-0.15, -0.1) is 0 Å². The van der Waals surface area contributed by atoms with Crippen LogP contribution in [0, 0.1) is 11.8 Å². The summed E-state index contributed by atoms with van der Waals surface area (Å²) in [6.07, 6.45) is 1.98. The van der Waals surface area contributed by atoms with E-state index >= 15 is 0 Å². The van der Waals surface area contributed by atoms with Crippen LogP contribution in [0.3, 0.4) is 0 Å². The molecule has 2 heteroatoms. The van der Waals surface area contributed by atoms with Crippen molar-refractivity contribution >= 4 is 0 Å². The maximum atomic E-state index is 4.54. The summed E-state index contributed by atoms with van der Waals surface area (Å²) in [5, 5.41) is 4.54. The van der Waals surface area contributed by atoms with Crippen LogP contribution in [0.4, 0.5) is 0 Å². The summed E-state index contributed by atoms with van der Waals surface area (Å²) < 4.78 is 2.01. The van der Waals surface area contributed by atoms with Gasteiger partial charge in [-0.2, -0.15) is 5.10 Å². The molecule has 0 aliphatic carbocycles. The minimum absolute atomic E-state index is 0.665. The average molecular weight is 238 g/mol. The minimum atomic E-state index is 0.665. The second-order valence-electron chi connectivity index (χ2n) is 4.16. The van der Waals surface area contributed by atoms with Crippen LogP contribution in [0.15, 0.2) is 36.4 Å². The quantitative estimate of drug-likeness (QED) is 0.751. The Morgan fingerprint density at radius 3 is 2.56 bits per heavy atom. The number of hydrogen-bond donors (Lipinski definition) is 0. The molecule has 0 fully saturated rings. The van der Waals surface area contributed by atoms with Gasteiger partial charge >= 0.3 is 0 Å². The van der Waals surface area contributed by atoms with Gasteiger partial charge in [-0.25, -0.2) is 0 Å². The van der Waals surface area contributed by atoms with Gasteiger partial charge in [0.1, 0.15) is 6.54 Å². The Morgan fingerprint density at radius 2 is 1.89 bits per heavy atom. The van der Waals surface area contributed by atoms with E-state index < -0.39 is 0 Å². The summed E-state index contributed by atoms with van der Waals surface area (Å²) in [4.78, 5) is 0. The number of benzene rings is 1. The van der Waals surface area contributed by atoms with Crippen LogP contribution in [0.2, 0.25) is 0 Å². The number of aromatic nitrogens is 2. The van der Waals surface area contributed by atoms with Gasteiger partial charge in [0.05, 0.1) is 5.69 Å². The van der Waals surface area contributed by atoms with Crippen LogP contribution < -0.4 is 0 Å². The largest absolute Gasteiger partial charge is 0.257 e. The Morgan fingerprint density at radius 1 is 1.11 bits per heavy atom. The standard InChI is InChI=1S/C16H18N2/c1-3-15-13-16(4-2)18(17-15)12-8-11-14-9-6-5-7-10-14/h5-7,9-10,13H,3-4,12H2,1-2H3. The fraction of sp³-hybridized carbons (Fsp3) is 0.312. The van der Waals surface area contributed by atoms with Crippen LogP contribution in [-0.4, -0.2) is 9.78 Å². The Bertz CT molecular complexity index is 556. The van der Waals surface area contributed by atoms with E-state index in [1.54, 1.807) is 0 Å². The average Bonchev–Trinajstić information content (AvgIpc) is 2.82. The SMILES string of the molecule is CCc1cc(CC)n(CC#Cc2ccccc2)n1. The normalized spacial score (nSPS) is 9.89. The summed E-state index contributed by atoms with van der Waals surface area (Å²) in [5.41, 5.74) is 3.46. The first-order valence-corrected chi connectivity index (χ1v) is 6.43. The number of rotatable bonds is 3. The summed E-state index contributed by atoms with van der Waals surface area (Å²) in [6.45, 7) is 4.94. The molecule has 0 aliphatic heterocycles. The van der Waals surface area contributed by atoms with Gasteiger partial charge in [-0.3, -0.25) is 4.68 Å². The lowest BCUT2D eigenvalue weighted by atomic mass is 10.2. The lowest BCUT2D eigenvalue weighted by Gasteiger charge is -1.99. The fourth-order valence-electron chi connectivity index (χ4n) is 1.85. The van der Waals surface area contributed by atoms with Gasteiger partial charge in [-0.1, -0.05) is 43.9 Å². The third-order valence-corrected chi connectivity index (χ3v) is 2.87. The number of aryl methyl sites for hydroxylation is 2. The first-order chi connectivity index (χ1) is 8.83. The van der Waals surface area contributed by atoms with E-state index in [4.69, 9.17) is 0 Å². The Balaban J connectivity index is 2.11. The minimum Gasteiger partial charge on any atom is -0.257 e. The van der Waals surface area contributed by atoms with Crippen molar-refractivity contribution in [3.63, 3.8) is 0 Å². The zero-order valence-corrected chi connectivity index (χ0v) is 11.0. The second-order valence-corrected chi connectivity index (χ2v) is 4.16. The van der Waals surface area contributed by atoms with Crippen molar-refractivity contribution in [2.24, 2.45) is 0 Å². The molecule has 0 saturated carbocycles. The van der Waals surface area contributed by atoms with Crippen LogP contribution in [0.5, 0.6) is 0 Å². The van der Waals surface area contributed by atoms with Gasteiger partial charge in [0.25, 0.3) is 0 Å². The van der Waals surface area contributed by atoms with E-state index in [9.17, 15) is 0 Å². The van der Waals surface area contributed by atoms with Crippen LogP contribution in [-0.2, 0) is 19.4 Å². The molecule has 0 aliphatic rings. The maximum Gasteiger partial charge on any atom is 0.102 e. The molecule has 0 atom stereocenters. The molecule has 0 amide bonds. The smallest absolute Gasteiger partial charge is 0.102 e. The number of hydrogen-bond acceptors (Lipinski definition) is 1. The Labute approximate surface area is 109 Å². The van der Waals surface area contributed by atoms with Gasteiger partial charge in [-0.05, 0) is 31.0 Å². The zero-order chi connectivity index (χ0) is 12.8. The molecule has 1 aromatic heterocycles. The van der Waals surface area contributed by atoms with Crippen molar-refractivity contribution in [3.8, 4) is 11.8 Å². The summed E-state index contributed by atoms with van der Waals surface area (Å²) in [6, 6.07) is 12.2. The Kier molecular flexibility index (Phi) is 4.20. The second kappa shape index (κ2) is 6.07. The van der Waals surface area contributed by atoms with E-state index in [2.05, 4.69) is 36.9 Å². The van der Waals surface area contributed by atoms with Crippen LogP contribution >= 0.6 is 0 Å². The van der Waals surface area contributed by atoms with Gasteiger partial charge in [0, 0.05) is 11.3 Å². The van der Waals surface area contributed by atoms with Crippen LogP contribution in [0.25, 0.3) is 0 Å². The Hall–Kier alpha value is -2.01. The van der Waals surface area contributed by atoms with Gasteiger partial charge in [0.2, 0.25) is 0 Å². The first kappa shape index (κ1) is 12.4. The lowest BCUT2D eigenvalue weighted by Crippen LogP contribution is -2.03. The monoisotopic (exact) mass is 238 g/mol. The summed E-state index contributed by atoms with van der Waals surface area (Å²) >= 11 is 0. The molecule has 2 aromatic rings. The third-order valence-electron chi connectivity index (χ3n) is 2.87. The fourth-order valence-corrected chi connectivity index (χ4v) is 1.85. The molecule has 0 bridgehead atoms. The highest BCUT2D eigenvalue weighted by atomic mass is 15.3. The van der Waals surface area contributed by atoms with Crippen molar-refractivity contribution in [2.45, 2.75) is 33.2 Å². The summed E-state index contributed by atoms with van der Waals surface area (Å²) in [5.74, 6) is 6.34. The third kappa shape index (κ3) is 3.01. The van der Waals surface area contributed by atoms with Crippen molar-refractivity contribution in [3.05, 3.63) is 53.3 Å². The molecule has 0 unspecified atom stereocenters. The highest BCUT2D eigenvalue weighted by Crippen LogP contribution is 2.06. The molecular formula is C16H18N2. The molecule has 92 valence electrons. The van der Waals surface area contributed by atoms with E-state index in [0.29, 0.717) is 6.54 Å². The van der Waals surface area contributed by atoms with E-state index in [1.807, 2.05) is 35.0 Å². The predicted octanol–water partition coefficient (Wildman–Crippen LogP) is 3.06. The molecule has 2 nitrogen and oxygen atoms in total. The number of nitrogens with zero attached hydrogens (tertiary/aromatic N) is 2. The molecule has 1 heterocycles. The molecule has 0 saturated heterocycles. The van der Waals surface area contributed by atoms with Gasteiger partial charge < -0.3 is 0 Å². The molecule has 1 aromatic carbocycles. The molecule has 0 spiro atoms. The highest BCUT2D eigenvalue weighted by molar-refractivity contribution is 5.33. The first-order valence-electron chi connectivity index (χ1n) is 6.43. The highest BCUT2D eigenvalue weighted by Gasteiger charge is 2.02. The molecule has 2 rings (SSSR count). The molecule has 0 radical (unpaired) electrons.